The third kappa shape index (κ3) is 4.12. The minimum atomic E-state index is -0.383. The molecule has 1 heterocycles. The molecule has 0 radical (unpaired) electrons. The first kappa shape index (κ1) is 17.8. The molecule has 2 N–H and O–H groups in total. The number of aromatic nitrogens is 2. The molecule has 0 aliphatic heterocycles. The van der Waals surface area contributed by atoms with Gasteiger partial charge in [-0.3, -0.25) is 0 Å². The number of hydrogen-bond donors (Lipinski definition) is 2. The molecular formula is C18H17ClN4O3. The second-order valence-electron chi connectivity index (χ2n) is 5.37. The van der Waals surface area contributed by atoms with E-state index in [1.807, 2.05) is 19.1 Å². The summed E-state index contributed by atoms with van der Waals surface area (Å²) in [5.74, 6) is 1.64. The number of amides is 2. The maximum atomic E-state index is 12.1. The standard InChI is InChI=1S/C18H17ClN4O3/c1-3-16-22-17(23-26-16)11-4-6-12(7-5-11)20-18(24)21-13-8-9-15(25-2)14(19)10-13/h4-10H,3H2,1-2H3,(H2,20,21,24). The van der Waals surface area contributed by atoms with Crippen LogP contribution >= 0.6 is 11.6 Å². The highest BCUT2D eigenvalue weighted by atomic mass is 35.5. The SMILES string of the molecule is CCc1nc(-c2ccc(NC(=O)Nc3ccc(OC)c(Cl)c3)cc2)no1. The zero-order valence-corrected chi connectivity index (χ0v) is 15.0. The first-order chi connectivity index (χ1) is 12.6. The Kier molecular flexibility index (Phi) is 5.38. The zero-order chi connectivity index (χ0) is 18.5. The van der Waals surface area contributed by atoms with Crippen molar-refractivity contribution >= 4 is 29.0 Å². The monoisotopic (exact) mass is 372 g/mol. The molecule has 0 fully saturated rings. The average Bonchev–Trinajstić information content (AvgIpc) is 3.11. The molecule has 8 heteroatoms. The molecule has 0 aliphatic carbocycles. The van der Waals surface area contributed by atoms with Crippen LogP contribution in [0.1, 0.15) is 12.8 Å². The molecule has 0 saturated carbocycles. The number of urea groups is 1. The number of nitrogens with one attached hydrogen (secondary N) is 2. The summed E-state index contributed by atoms with van der Waals surface area (Å²) in [6, 6.07) is 11.8. The third-order valence-electron chi connectivity index (χ3n) is 3.58. The van der Waals surface area contributed by atoms with Crippen LogP contribution in [0.25, 0.3) is 11.4 Å². The van der Waals surface area contributed by atoms with Crippen LogP contribution in [0.15, 0.2) is 47.0 Å². The number of halogens is 1. The van der Waals surface area contributed by atoms with E-state index in [1.54, 1.807) is 30.3 Å². The van der Waals surface area contributed by atoms with E-state index in [4.69, 9.17) is 20.9 Å². The minimum absolute atomic E-state index is 0.383. The van der Waals surface area contributed by atoms with E-state index in [2.05, 4.69) is 20.8 Å². The highest BCUT2D eigenvalue weighted by Gasteiger charge is 2.09. The molecule has 0 spiro atoms. The molecule has 0 aliphatic rings. The Morgan fingerprint density at radius 3 is 2.46 bits per heavy atom. The number of benzene rings is 2. The van der Waals surface area contributed by atoms with Crippen LogP contribution in [0.2, 0.25) is 5.02 Å². The second-order valence-corrected chi connectivity index (χ2v) is 5.78. The highest BCUT2D eigenvalue weighted by Crippen LogP contribution is 2.27. The number of aryl methyl sites for hydroxylation is 1. The van der Waals surface area contributed by atoms with E-state index in [0.29, 0.717) is 40.3 Å². The molecular weight excluding hydrogens is 356 g/mol. The second kappa shape index (κ2) is 7.88. The number of nitrogens with zero attached hydrogens (tertiary/aromatic N) is 2. The van der Waals surface area contributed by atoms with Gasteiger partial charge in [0.05, 0.1) is 12.1 Å². The van der Waals surface area contributed by atoms with Gasteiger partial charge in [-0.1, -0.05) is 23.7 Å². The van der Waals surface area contributed by atoms with E-state index in [9.17, 15) is 4.79 Å². The summed E-state index contributed by atoms with van der Waals surface area (Å²) < 4.78 is 10.2. The lowest BCUT2D eigenvalue weighted by Gasteiger charge is -2.09. The van der Waals surface area contributed by atoms with Crippen molar-refractivity contribution in [3.05, 3.63) is 53.4 Å². The maximum Gasteiger partial charge on any atom is 0.323 e. The Balaban J connectivity index is 1.63. The summed E-state index contributed by atoms with van der Waals surface area (Å²) in [6.45, 7) is 1.94. The minimum Gasteiger partial charge on any atom is -0.495 e. The zero-order valence-electron chi connectivity index (χ0n) is 14.2. The first-order valence-electron chi connectivity index (χ1n) is 7.93. The predicted molar refractivity (Wildman–Crippen MR) is 99.8 cm³/mol. The number of ether oxygens (including phenoxy) is 1. The van der Waals surface area contributed by atoms with Crippen molar-refractivity contribution in [3.63, 3.8) is 0 Å². The van der Waals surface area contributed by atoms with Gasteiger partial charge in [0.1, 0.15) is 5.75 Å². The Bertz CT molecular complexity index is 909. The molecule has 3 rings (SSSR count). The number of rotatable bonds is 5. The molecule has 7 nitrogen and oxygen atoms in total. The fourth-order valence-electron chi connectivity index (χ4n) is 2.26. The lowest BCUT2D eigenvalue weighted by molar-refractivity contribution is 0.262. The highest BCUT2D eigenvalue weighted by molar-refractivity contribution is 6.32. The lowest BCUT2D eigenvalue weighted by atomic mass is 10.2. The van der Waals surface area contributed by atoms with Crippen LogP contribution < -0.4 is 15.4 Å². The first-order valence-corrected chi connectivity index (χ1v) is 8.31. The molecule has 0 saturated heterocycles. The van der Waals surface area contributed by atoms with Gasteiger partial charge in [-0.05, 0) is 42.5 Å². The summed E-state index contributed by atoms with van der Waals surface area (Å²) >= 11 is 6.04. The van der Waals surface area contributed by atoms with Crippen LogP contribution in [0.3, 0.4) is 0 Å². The average molecular weight is 373 g/mol. The van der Waals surface area contributed by atoms with Gasteiger partial charge < -0.3 is 19.9 Å². The Morgan fingerprint density at radius 1 is 1.15 bits per heavy atom. The lowest BCUT2D eigenvalue weighted by Crippen LogP contribution is -2.19. The van der Waals surface area contributed by atoms with E-state index in [0.717, 1.165) is 5.56 Å². The number of carbonyl (C=O) groups is 1. The molecule has 134 valence electrons. The van der Waals surface area contributed by atoms with Crippen molar-refractivity contribution < 1.29 is 14.1 Å². The van der Waals surface area contributed by atoms with Gasteiger partial charge in [0, 0.05) is 23.4 Å². The molecule has 2 amide bonds. The fourth-order valence-corrected chi connectivity index (χ4v) is 2.51. The third-order valence-corrected chi connectivity index (χ3v) is 3.88. The van der Waals surface area contributed by atoms with Crippen molar-refractivity contribution in [2.75, 3.05) is 17.7 Å². The van der Waals surface area contributed by atoms with Crippen molar-refractivity contribution in [2.45, 2.75) is 13.3 Å². The van der Waals surface area contributed by atoms with Gasteiger partial charge in [-0.2, -0.15) is 4.98 Å². The van der Waals surface area contributed by atoms with Crippen molar-refractivity contribution in [2.24, 2.45) is 0 Å². The maximum absolute atomic E-state index is 12.1. The van der Waals surface area contributed by atoms with Gasteiger partial charge in [-0.15, -0.1) is 0 Å². The normalized spacial score (nSPS) is 10.4. The van der Waals surface area contributed by atoms with Gasteiger partial charge in [0.25, 0.3) is 0 Å². The molecule has 0 bridgehead atoms. The Labute approximate surface area is 155 Å². The number of hydrogen-bond acceptors (Lipinski definition) is 5. The van der Waals surface area contributed by atoms with Gasteiger partial charge >= 0.3 is 6.03 Å². The summed E-state index contributed by atoms with van der Waals surface area (Å²) in [5, 5.41) is 9.79. The molecule has 0 atom stereocenters. The molecule has 0 unspecified atom stereocenters. The fraction of sp³-hybridized carbons (Fsp3) is 0.167. The van der Waals surface area contributed by atoms with Crippen LogP contribution in [-0.2, 0) is 6.42 Å². The van der Waals surface area contributed by atoms with Crippen LogP contribution in [0.5, 0.6) is 5.75 Å². The van der Waals surface area contributed by atoms with E-state index in [1.165, 1.54) is 7.11 Å². The van der Waals surface area contributed by atoms with Crippen LogP contribution in [0.4, 0.5) is 16.2 Å². The van der Waals surface area contributed by atoms with Gasteiger partial charge in [0.15, 0.2) is 0 Å². The molecule has 3 aromatic rings. The van der Waals surface area contributed by atoms with E-state index < -0.39 is 0 Å². The Hall–Kier alpha value is -3.06. The molecule has 26 heavy (non-hydrogen) atoms. The smallest absolute Gasteiger partial charge is 0.323 e. The topological polar surface area (TPSA) is 89.3 Å². The van der Waals surface area contributed by atoms with Crippen molar-refractivity contribution in [3.8, 4) is 17.1 Å². The Morgan fingerprint density at radius 2 is 1.85 bits per heavy atom. The van der Waals surface area contributed by atoms with Crippen LogP contribution in [-0.4, -0.2) is 23.3 Å². The summed E-state index contributed by atoms with van der Waals surface area (Å²) in [4.78, 5) is 16.4. The van der Waals surface area contributed by atoms with Crippen molar-refractivity contribution in [1.29, 1.82) is 0 Å². The number of carbonyl (C=O) groups excluding carboxylic acids is 1. The number of anilines is 2. The largest absolute Gasteiger partial charge is 0.495 e. The molecule has 1 aromatic heterocycles. The summed E-state index contributed by atoms with van der Waals surface area (Å²) in [5.41, 5.74) is 2.00. The number of methoxy groups -OCH3 is 1. The quantitative estimate of drug-likeness (QED) is 0.682. The van der Waals surface area contributed by atoms with Crippen LogP contribution in [0, 0.1) is 0 Å². The summed E-state index contributed by atoms with van der Waals surface area (Å²) in [6.07, 6.45) is 0.683. The van der Waals surface area contributed by atoms with E-state index >= 15 is 0 Å². The van der Waals surface area contributed by atoms with Gasteiger partial charge in [0.2, 0.25) is 11.7 Å². The summed E-state index contributed by atoms with van der Waals surface area (Å²) in [7, 11) is 1.53. The van der Waals surface area contributed by atoms with Gasteiger partial charge in [-0.25, -0.2) is 4.79 Å². The molecule has 2 aromatic carbocycles. The predicted octanol–water partition coefficient (Wildman–Crippen LogP) is 4.61. The van der Waals surface area contributed by atoms with E-state index in [-0.39, 0.29) is 6.03 Å². The van der Waals surface area contributed by atoms with Crippen molar-refractivity contribution in [1.82, 2.24) is 10.1 Å².